The quantitative estimate of drug-likeness (QED) is 0.867. The summed E-state index contributed by atoms with van der Waals surface area (Å²) >= 11 is 0. The van der Waals surface area contributed by atoms with Gasteiger partial charge in [0, 0.05) is 61.3 Å². The summed E-state index contributed by atoms with van der Waals surface area (Å²) in [5.74, 6) is -0.0267. The second-order valence-corrected chi connectivity index (χ2v) is 7.87. The molecule has 1 aromatic carbocycles. The van der Waals surface area contributed by atoms with Gasteiger partial charge in [-0.2, -0.15) is 0 Å². The van der Waals surface area contributed by atoms with Gasteiger partial charge in [0.2, 0.25) is 5.91 Å². The van der Waals surface area contributed by atoms with Gasteiger partial charge in [-0.25, -0.2) is 4.39 Å². The van der Waals surface area contributed by atoms with Gasteiger partial charge in [0.25, 0.3) is 0 Å². The first kappa shape index (κ1) is 17.5. The van der Waals surface area contributed by atoms with E-state index in [1.54, 1.807) is 6.07 Å². The zero-order valence-electron chi connectivity index (χ0n) is 15.6. The molecular formula is C20H27FN4O. The molecule has 0 bridgehead atoms. The van der Waals surface area contributed by atoms with Crippen LogP contribution in [0.1, 0.15) is 30.5 Å². The van der Waals surface area contributed by atoms with E-state index in [-0.39, 0.29) is 17.3 Å². The van der Waals surface area contributed by atoms with Crippen molar-refractivity contribution in [3.8, 4) is 0 Å². The number of aromatic amines is 1. The Morgan fingerprint density at radius 1 is 1.27 bits per heavy atom. The van der Waals surface area contributed by atoms with Crippen molar-refractivity contribution in [1.29, 1.82) is 0 Å². The van der Waals surface area contributed by atoms with Crippen molar-refractivity contribution in [3.63, 3.8) is 0 Å². The molecule has 6 heteroatoms. The number of amides is 1. The van der Waals surface area contributed by atoms with Crippen LogP contribution in [0.4, 0.5) is 4.39 Å². The summed E-state index contributed by atoms with van der Waals surface area (Å²) in [4.78, 5) is 20.2. The average Bonchev–Trinajstić information content (AvgIpc) is 2.79. The Balaban J connectivity index is 1.55. The van der Waals surface area contributed by atoms with Crippen LogP contribution in [-0.2, 0) is 11.3 Å². The number of nitrogens with zero attached hydrogens (tertiary/aromatic N) is 2. The zero-order chi connectivity index (χ0) is 18.3. The second kappa shape index (κ2) is 6.67. The first-order valence-electron chi connectivity index (χ1n) is 9.44. The minimum Gasteiger partial charge on any atom is -0.357 e. The summed E-state index contributed by atoms with van der Waals surface area (Å²) < 4.78 is 13.6. The molecule has 4 rings (SSSR count). The number of hydrogen-bond donors (Lipinski definition) is 2. The van der Waals surface area contributed by atoms with E-state index < -0.39 is 0 Å². The third kappa shape index (κ3) is 3.12. The fourth-order valence-corrected chi connectivity index (χ4v) is 4.55. The lowest BCUT2D eigenvalue weighted by atomic mass is 9.86. The van der Waals surface area contributed by atoms with Crippen molar-refractivity contribution in [1.82, 2.24) is 20.1 Å². The van der Waals surface area contributed by atoms with Crippen molar-refractivity contribution < 1.29 is 9.18 Å². The molecule has 2 fully saturated rings. The van der Waals surface area contributed by atoms with E-state index in [1.165, 1.54) is 6.07 Å². The molecule has 1 amide bonds. The topological polar surface area (TPSA) is 51.4 Å². The van der Waals surface area contributed by atoms with E-state index in [0.717, 1.165) is 67.7 Å². The van der Waals surface area contributed by atoms with Crippen LogP contribution >= 0.6 is 0 Å². The van der Waals surface area contributed by atoms with Gasteiger partial charge < -0.3 is 10.3 Å². The SMILES string of the molecule is Cc1c(CN2CCN(C)[C@]3(CCNC(=O)CC3)C2)[nH]c2ccc(F)cc12. The number of aryl methyl sites for hydroxylation is 1. The van der Waals surface area contributed by atoms with Gasteiger partial charge >= 0.3 is 0 Å². The van der Waals surface area contributed by atoms with Gasteiger partial charge in [0.15, 0.2) is 0 Å². The standard InChI is InChI=1S/C20H27FN4O/c1-14-16-11-15(21)3-4-17(16)23-18(14)12-25-10-9-24(2)20(13-25)6-5-19(26)22-8-7-20/h3-4,11,23H,5-10,12-13H2,1-2H3,(H,22,26)/t20-/m1/s1. The molecule has 0 aliphatic carbocycles. The predicted molar refractivity (Wildman–Crippen MR) is 100 cm³/mol. The largest absolute Gasteiger partial charge is 0.357 e. The number of aromatic nitrogens is 1. The highest BCUT2D eigenvalue weighted by Crippen LogP contribution is 2.32. The number of likely N-dealkylation sites (N-methyl/N-ethyl adjacent to an activating group) is 1. The fourth-order valence-electron chi connectivity index (χ4n) is 4.55. The first-order valence-corrected chi connectivity index (χ1v) is 9.44. The lowest BCUT2D eigenvalue weighted by Crippen LogP contribution is -2.60. The van der Waals surface area contributed by atoms with Crippen molar-refractivity contribution in [3.05, 3.63) is 35.3 Å². The molecule has 2 aromatic rings. The number of H-pyrrole nitrogens is 1. The molecule has 2 saturated heterocycles. The molecule has 1 atom stereocenters. The van der Waals surface area contributed by atoms with Crippen molar-refractivity contribution in [2.75, 3.05) is 33.2 Å². The summed E-state index contributed by atoms with van der Waals surface area (Å²) in [5, 5.41) is 3.97. The maximum absolute atomic E-state index is 13.6. The van der Waals surface area contributed by atoms with E-state index in [1.807, 2.05) is 6.07 Å². The van der Waals surface area contributed by atoms with Crippen LogP contribution in [0.2, 0.25) is 0 Å². The van der Waals surface area contributed by atoms with Crippen LogP contribution in [0.15, 0.2) is 18.2 Å². The fraction of sp³-hybridized carbons (Fsp3) is 0.550. The summed E-state index contributed by atoms with van der Waals surface area (Å²) in [6.07, 6.45) is 2.49. The minimum absolute atomic E-state index is 0.0590. The first-order chi connectivity index (χ1) is 12.5. The summed E-state index contributed by atoms with van der Waals surface area (Å²) in [6.45, 7) is 6.61. The smallest absolute Gasteiger partial charge is 0.220 e. The maximum atomic E-state index is 13.6. The molecule has 0 saturated carbocycles. The Morgan fingerprint density at radius 2 is 2.12 bits per heavy atom. The number of hydrogen-bond acceptors (Lipinski definition) is 3. The van der Waals surface area contributed by atoms with Crippen molar-refractivity contribution >= 4 is 16.8 Å². The summed E-state index contributed by atoms with van der Waals surface area (Å²) in [7, 11) is 2.18. The summed E-state index contributed by atoms with van der Waals surface area (Å²) in [6, 6.07) is 4.93. The molecule has 1 aromatic heterocycles. The third-order valence-corrected chi connectivity index (χ3v) is 6.31. The highest BCUT2D eigenvalue weighted by atomic mass is 19.1. The zero-order valence-corrected chi connectivity index (χ0v) is 15.6. The number of halogens is 1. The molecule has 0 radical (unpaired) electrons. The summed E-state index contributed by atoms with van der Waals surface area (Å²) in [5.41, 5.74) is 3.34. The molecule has 2 aliphatic rings. The maximum Gasteiger partial charge on any atom is 0.220 e. The Bertz CT molecular complexity index is 833. The van der Waals surface area contributed by atoms with E-state index in [9.17, 15) is 9.18 Å². The normalized spacial score (nSPS) is 25.6. The lowest BCUT2D eigenvalue weighted by molar-refractivity contribution is -0.121. The average molecular weight is 358 g/mol. The van der Waals surface area contributed by atoms with E-state index in [2.05, 4.69) is 34.1 Å². The molecule has 5 nitrogen and oxygen atoms in total. The molecule has 3 heterocycles. The van der Waals surface area contributed by atoms with Crippen molar-refractivity contribution in [2.45, 2.75) is 38.3 Å². The molecule has 2 aliphatic heterocycles. The van der Waals surface area contributed by atoms with Gasteiger partial charge in [-0.3, -0.25) is 14.6 Å². The van der Waals surface area contributed by atoms with Crippen LogP contribution < -0.4 is 5.32 Å². The number of piperazine rings is 1. The highest BCUT2D eigenvalue weighted by Gasteiger charge is 2.40. The van der Waals surface area contributed by atoms with Gasteiger partial charge in [-0.05, 0) is 50.6 Å². The Kier molecular flexibility index (Phi) is 4.49. The third-order valence-electron chi connectivity index (χ3n) is 6.31. The number of carbonyl (C=O) groups is 1. The lowest BCUT2D eigenvalue weighted by Gasteiger charge is -2.49. The van der Waals surface area contributed by atoms with Crippen molar-refractivity contribution in [2.24, 2.45) is 0 Å². The molecule has 2 N–H and O–H groups in total. The minimum atomic E-state index is -0.194. The van der Waals surface area contributed by atoms with E-state index in [0.29, 0.717) is 6.42 Å². The predicted octanol–water partition coefficient (Wildman–Crippen LogP) is 2.40. The van der Waals surface area contributed by atoms with E-state index in [4.69, 9.17) is 0 Å². The number of benzene rings is 1. The van der Waals surface area contributed by atoms with Crippen LogP contribution in [0.25, 0.3) is 10.9 Å². The molecule has 26 heavy (non-hydrogen) atoms. The van der Waals surface area contributed by atoms with Crippen LogP contribution in [0, 0.1) is 12.7 Å². The number of carbonyl (C=O) groups excluding carboxylic acids is 1. The number of nitrogens with one attached hydrogen (secondary N) is 2. The van der Waals surface area contributed by atoms with Crippen LogP contribution in [0.5, 0.6) is 0 Å². The number of rotatable bonds is 2. The van der Waals surface area contributed by atoms with Gasteiger partial charge in [0.1, 0.15) is 5.82 Å². The molecule has 1 spiro atoms. The van der Waals surface area contributed by atoms with Crippen LogP contribution in [-0.4, -0.2) is 59.5 Å². The molecule has 140 valence electrons. The number of fused-ring (bicyclic) bond motifs is 1. The molecular weight excluding hydrogens is 331 g/mol. The molecule has 0 unspecified atom stereocenters. The van der Waals surface area contributed by atoms with Gasteiger partial charge in [-0.1, -0.05) is 0 Å². The Morgan fingerprint density at radius 3 is 2.96 bits per heavy atom. The van der Waals surface area contributed by atoms with E-state index >= 15 is 0 Å². The highest BCUT2D eigenvalue weighted by molar-refractivity contribution is 5.84. The second-order valence-electron chi connectivity index (χ2n) is 7.87. The van der Waals surface area contributed by atoms with Gasteiger partial charge in [0.05, 0.1) is 0 Å². The van der Waals surface area contributed by atoms with Crippen LogP contribution in [0.3, 0.4) is 0 Å². The monoisotopic (exact) mass is 358 g/mol. The Hall–Kier alpha value is -1.92. The van der Waals surface area contributed by atoms with Gasteiger partial charge in [-0.15, -0.1) is 0 Å². The Labute approximate surface area is 153 Å².